The lowest BCUT2D eigenvalue weighted by Crippen LogP contribution is -2.29. The van der Waals surface area contributed by atoms with E-state index in [1.54, 1.807) is 0 Å². The number of amides is 1. The van der Waals surface area contributed by atoms with Gasteiger partial charge < -0.3 is 4.74 Å². The fourth-order valence-electron chi connectivity index (χ4n) is 0.656. The quantitative estimate of drug-likeness (QED) is 0.383. The van der Waals surface area contributed by atoms with Gasteiger partial charge in [-0.05, 0) is 6.08 Å². The Hall–Kier alpha value is -1.62. The van der Waals surface area contributed by atoms with Gasteiger partial charge >= 0.3 is 0 Å². The monoisotopic (exact) mass is 215 g/mol. The molecule has 0 fully saturated rings. The molecule has 0 aromatic heterocycles. The Kier molecular flexibility index (Phi) is 6.05. The van der Waals surface area contributed by atoms with Gasteiger partial charge in [0.15, 0.2) is 18.2 Å². The van der Waals surface area contributed by atoms with E-state index in [-0.39, 0.29) is 12.4 Å². The lowest BCUT2D eigenvalue weighted by molar-refractivity contribution is -0.172. The summed E-state index contributed by atoms with van der Waals surface area (Å²) >= 11 is 0. The average molecular weight is 215 g/mol. The number of ether oxygens (including phenoxy) is 1. The normalized spacial score (nSPS) is 10.7. The van der Waals surface area contributed by atoms with Crippen LogP contribution in [0.2, 0.25) is 0 Å². The summed E-state index contributed by atoms with van der Waals surface area (Å²) in [5, 5.41) is 0.979. The minimum absolute atomic E-state index is 0.122. The third-order valence-electron chi connectivity index (χ3n) is 1.51. The molecule has 0 atom stereocenters. The summed E-state index contributed by atoms with van der Waals surface area (Å²) in [5.41, 5.74) is 0. The molecule has 0 unspecified atom stereocenters. The molecule has 4 nitrogen and oxygen atoms in total. The predicted molar refractivity (Wildman–Crippen MR) is 54.3 cm³/mol. The number of nitrogens with zero attached hydrogens (tertiary/aromatic N) is 1. The fraction of sp³-hybridized carbons (Fsp3) is 0.300. The Balaban J connectivity index is 4.23. The van der Waals surface area contributed by atoms with Crippen molar-refractivity contribution >= 4 is 5.91 Å². The number of carbonyl (C=O) groups excluding carboxylic acids is 1. The SMILES string of the molecule is C=C/C=C(/OCC(=O)N(C)OC)C(=C)F. The molecule has 0 rings (SSSR count). The van der Waals surface area contributed by atoms with Gasteiger partial charge in [0.05, 0.1) is 7.11 Å². The van der Waals surface area contributed by atoms with Gasteiger partial charge in [0.1, 0.15) is 0 Å². The zero-order valence-corrected chi connectivity index (χ0v) is 8.83. The highest BCUT2D eigenvalue weighted by molar-refractivity contribution is 5.76. The molecule has 1 amide bonds. The van der Waals surface area contributed by atoms with Crippen molar-refractivity contribution in [1.29, 1.82) is 0 Å². The molecule has 0 heterocycles. The van der Waals surface area contributed by atoms with E-state index < -0.39 is 11.7 Å². The molecule has 0 saturated heterocycles. The molecule has 0 saturated carbocycles. The molecule has 0 aliphatic carbocycles. The number of allylic oxidation sites excluding steroid dienone is 3. The maximum atomic E-state index is 12.7. The number of rotatable bonds is 6. The highest BCUT2D eigenvalue weighted by Gasteiger charge is 2.10. The lowest BCUT2D eigenvalue weighted by Gasteiger charge is -2.14. The van der Waals surface area contributed by atoms with Crippen LogP contribution in [0.3, 0.4) is 0 Å². The van der Waals surface area contributed by atoms with Crippen LogP contribution in [0.1, 0.15) is 0 Å². The molecule has 0 spiro atoms. The number of hydroxylamine groups is 2. The van der Waals surface area contributed by atoms with Gasteiger partial charge in [0, 0.05) is 7.05 Å². The van der Waals surface area contributed by atoms with Gasteiger partial charge in [-0.2, -0.15) is 0 Å². The Labute approximate surface area is 88.2 Å². The first kappa shape index (κ1) is 13.4. The Bertz CT molecular complexity index is 286. The maximum absolute atomic E-state index is 12.7. The van der Waals surface area contributed by atoms with E-state index in [1.807, 2.05) is 0 Å². The van der Waals surface area contributed by atoms with E-state index in [2.05, 4.69) is 18.0 Å². The van der Waals surface area contributed by atoms with Crippen LogP contribution < -0.4 is 0 Å². The second kappa shape index (κ2) is 6.78. The molecule has 0 bridgehead atoms. The number of halogens is 1. The maximum Gasteiger partial charge on any atom is 0.283 e. The van der Waals surface area contributed by atoms with Crippen molar-refractivity contribution in [2.45, 2.75) is 0 Å². The summed E-state index contributed by atoms with van der Waals surface area (Å²) in [6.07, 6.45) is 2.62. The Morgan fingerprint density at radius 1 is 1.60 bits per heavy atom. The summed E-state index contributed by atoms with van der Waals surface area (Å²) in [7, 11) is 2.76. The first-order chi connectivity index (χ1) is 7.02. The van der Waals surface area contributed by atoms with Crippen LogP contribution in [0.15, 0.2) is 36.9 Å². The number of carbonyl (C=O) groups is 1. The van der Waals surface area contributed by atoms with E-state index in [0.29, 0.717) is 0 Å². The van der Waals surface area contributed by atoms with Gasteiger partial charge in [-0.25, -0.2) is 9.45 Å². The molecule has 0 aliphatic heterocycles. The number of hydrogen-bond donors (Lipinski definition) is 0. The molecular weight excluding hydrogens is 201 g/mol. The molecule has 0 aromatic carbocycles. The van der Waals surface area contributed by atoms with Gasteiger partial charge in [0.2, 0.25) is 0 Å². The summed E-state index contributed by atoms with van der Waals surface area (Å²) in [4.78, 5) is 15.8. The van der Waals surface area contributed by atoms with Gasteiger partial charge in [-0.1, -0.05) is 19.2 Å². The number of likely N-dealkylation sites (N-methyl/N-ethyl adjacent to an activating group) is 1. The smallest absolute Gasteiger partial charge is 0.283 e. The molecule has 0 aliphatic rings. The van der Waals surface area contributed by atoms with Gasteiger partial charge in [-0.15, -0.1) is 0 Å². The standard InChI is InChI=1S/C10H14FNO3/c1-5-6-9(8(2)11)15-7-10(13)12(3)14-4/h5-6H,1-2,7H2,3-4H3/b9-6+. The van der Waals surface area contributed by atoms with Crippen molar-refractivity contribution in [2.75, 3.05) is 20.8 Å². The lowest BCUT2D eigenvalue weighted by atomic mass is 10.4. The average Bonchev–Trinajstić information content (AvgIpc) is 2.21. The van der Waals surface area contributed by atoms with E-state index in [1.165, 1.54) is 26.3 Å². The van der Waals surface area contributed by atoms with Crippen molar-refractivity contribution in [1.82, 2.24) is 5.06 Å². The largest absolute Gasteiger partial charge is 0.481 e. The molecular formula is C10H14FNO3. The third kappa shape index (κ3) is 4.97. The topological polar surface area (TPSA) is 38.8 Å². The molecule has 0 radical (unpaired) electrons. The molecule has 0 aromatic rings. The van der Waals surface area contributed by atoms with Gasteiger partial charge in [-0.3, -0.25) is 9.63 Å². The van der Waals surface area contributed by atoms with Crippen LogP contribution in [0.25, 0.3) is 0 Å². The molecule has 5 heteroatoms. The van der Waals surface area contributed by atoms with E-state index >= 15 is 0 Å². The van der Waals surface area contributed by atoms with Crippen LogP contribution in [0.4, 0.5) is 4.39 Å². The summed E-state index contributed by atoms with van der Waals surface area (Å²) in [5.74, 6) is -1.32. The van der Waals surface area contributed by atoms with Gasteiger partial charge in [0.25, 0.3) is 5.91 Å². The van der Waals surface area contributed by atoms with E-state index in [4.69, 9.17) is 4.74 Å². The van der Waals surface area contributed by atoms with Crippen molar-refractivity contribution < 1.29 is 18.8 Å². The first-order valence-electron chi connectivity index (χ1n) is 4.13. The van der Waals surface area contributed by atoms with Crippen molar-refractivity contribution in [3.63, 3.8) is 0 Å². The summed E-state index contributed by atoms with van der Waals surface area (Å²) in [6.45, 7) is 6.10. The second-order valence-corrected chi connectivity index (χ2v) is 2.53. The third-order valence-corrected chi connectivity index (χ3v) is 1.51. The highest BCUT2D eigenvalue weighted by Crippen LogP contribution is 2.10. The van der Waals surface area contributed by atoms with Crippen molar-refractivity contribution in [3.05, 3.63) is 36.9 Å². The van der Waals surface area contributed by atoms with Crippen LogP contribution in [-0.4, -0.2) is 31.7 Å². The molecule has 0 N–H and O–H groups in total. The first-order valence-corrected chi connectivity index (χ1v) is 4.13. The zero-order chi connectivity index (χ0) is 11.8. The fourth-order valence-corrected chi connectivity index (χ4v) is 0.656. The highest BCUT2D eigenvalue weighted by atomic mass is 19.1. The second-order valence-electron chi connectivity index (χ2n) is 2.53. The minimum atomic E-state index is -0.761. The number of hydrogen-bond acceptors (Lipinski definition) is 3. The summed E-state index contributed by atoms with van der Waals surface area (Å²) < 4.78 is 17.6. The summed E-state index contributed by atoms with van der Waals surface area (Å²) in [6, 6.07) is 0. The zero-order valence-electron chi connectivity index (χ0n) is 8.83. The minimum Gasteiger partial charge on any atom is -0.481 e. The van der Waals surface area contributed by atoms with Crippen molar-refractivity contribution in [3.8, 4) is 0 Å². The van der Waals surface area contributed by atoms with Crippen LogP contribution in [-0.2, 0) is 14.4 Å². The molecule has 15 heavy (non-hydrogen) atoms. The van der Waals surface area contributed by atoms with Crippen molar-refractivity contribution in [2.24, 2.45) is 0 Å². The van der Waals surface area contributed by atoms with E-state index in [9.17, 15) is 9.18 Å². The Morgan fingerprint density at radius 2 is 2.20 bits per heavy atom. The predicted octanol–water partition coefficient (Wildman–Crippen LogP) is 1.58. The Morgan fingerprint density at radius 3 is 2.60 bits per heavy atom. The van der Waals surface area contributed by atoms with Crippen LogP contribution >= 0.6 is 0 Å². The van der Waals surface area contributed by atoms with Crippen LogP contribution in [0.5, 0.6) is 0 Å². The van der Waals surface area contributed by atoms with Crippen LogP contribution in [0, 0.1) is 0 Å². The molecule has 84 valence electrons. The van der Waals surface area contributed by atoms with E-state index in [0.717, 1.165) is 5.06 Å².